The highest BCUT2D eigenvalue weighted by Crippen LogP contribution is 2.23. The van der Waals surface area contributed by atoms with Crippen molar-refractivity contribution in [3.8, 4) is 0 Å². The second-order valence-corrected chi connectivity index (χ2v) is 4.18. The number of ether oxygens (including phenoxy) is 3. The Morgan fingerprint density at radius 3 is 2.53 bits per heavy atom. The Labute approximate surface area is 90.9 Å². The molecule has 0 aromatic carbocycles. The number of hydrogen-bond acceptors (Lipinski definition) is 4. The minimum atomic E-state index is -0.251. The quantitative estimate of drug-likeness (QED) is 0.675. The molecule has 0 aromatic rings. The zero-order valence-electron chi connectivity index (χ0n) is 9.86. The molecule has 4 heteroatoms. The zero-order chi connectivity index (χ0) is 11.4. The Morgan fingerprint density at radius 1 is 1.40 bits per heavy atom. The second kappa shape index (κ2) is 5.47. The molecule has 1 unspecified atom stereocenters. The summed E-state index contributed by atoms with van der Waals surface area (Å²) < 4.78 is 16.3. The molecule has 0 bridgehead atoms. The molecule has 1 aliphatic heterocycles. The normalized spacial score (nSPS) is 31.7. The molecule has 0 aromatic heterocycles. The first-order chi connectivity index (χ1) is 6.99. The second-order valence-electron chi connectivity index (χ2n) is 4.18. The molecule has 0 amide bonds. The summed E-state index contributed by atoms with van der Waals surface area (Å²) in [6, 6.07) is 0. The molecule has 0 saturated carbocycles. The predicted molar refractivity (Wildman–Crippen MR) is 55.3 cm³/mol. The molecule has 1 fully saturated rings. The van der Waals surface area contributed by atoms with Crippen molar-refractivity contribution in [2.75, 3.05) is 0 Å². The molecule has 1 rings (SSSR count). The third-order valence-corrected chi connectivity index (χ3v) is 2.32. The summed E-state index contributed by atoms with van der Waals surface area (Å²) in [6.45, 7) is 7.28. The van der Waals surface area contributed by atoms with Gasteiger partial charge in [0, 0.05) is 13.3 Å². The molecule has 0 spiro atoms. The van der Waals surface area contributed by atoms with Gasteiger partial charge in [-0.05, 0) is 27.2 Å². The standard InChI is InChI=1S/C11H20O4/c1-7(2)13-11-6-5-10(8(3)14-11)15-9(4)12/h7-8,10-11H,5-6H2,1-4H3/t8-,10+,11?/m0/s1. The molecule has 0 N–H and O–H groups in total. The number of carbonyl (C=O) groups is 1. The molecule has 88 valence electrons. The SMILES string of the molecule is CC(=O)O[C@@H]1CCC(OC(C)C)O[C@H]1C. The van der Waals surface area contributed by atoms with E-state index in [2.05, 4.69) is 0 Å². The molecule has 15 heavy (non-hydrogen) atoms. The van der Waals surface area contributed by atoms with Crippen LogP contribution in [-0.2, 0) is 19.0 Å². The van der Waals surface area contributed by atoms with Gasteiger partial charge in [-0.15, -0.1) is 0 Å². The summed E-state index contributed by atoms with van der Waals surface area (Å²) in [7, 11) is 0. The summed E-state index contributed by atoms with van der Waals surface area (Å²) in [5.41, 5.74) is 0. The zero-order valence-corrected chi connectivity index (χ0v) is 9.86. The minimum absolute atomic E-state index is 0.0913. The third kappa shape index (κ3) is 4.18. The van der Waals surface area contributed by atoms with Gasteiger partial charge in [-0.25, -0.2) is 0 Å². The lowest BCUT2D eigenvalue weighted by Crippen LogP contribution is -2.41. The van der Waals surface area contributed by atoms with Gasteiger partial charge < -0.3 is 14.2 Å². The van der Waals surface area contributed by atoms with Gasteiger partial charge in [0.1, 0.15) is 6.10 Å². The molecule has 0 aliphatic carbocycles. The predicted octanol–water partition coefficient (Wildman–Crippen LogP) is 1.87. The summed E-state index contributed by atoms with van der Waals surface area (Å²) in [4.78, 5) is 10.8. The van der Waals surface area contributed by atoms with Crippen LogP contribution >= 0.6 is 0 Å². The van der Waals surface area contributed by atoms with E-state index >= 15 is 0 Å². The molecular weight excluding hydrogens is 196 g/mol. The van der Waals surface area contributed by atoms with E-state index in [-0.39, 0.29) is 30.6 Å². The fraction of sp³-hybridized carbons (Fsp3) is 0.909. The monoisotopic (exact) mass is 216 g/mol. The number of esters is 1. The number of hydrogen-bond donors (Lipinski definition) is 0. The number of rotatable bonds is 3. The van der Waals surface area contributed by atoms with Crippen LogP contribution in [0, 0.1) is 0 Å². The lowest BCUT2D eigenvalue weighted by molar-refractivity contribution is -0.235. The van der Waals surface area contributed by atoms with E-state index in [4.69, 9.17) is 14.2 Å². The first kappa shape index (κ1) is 12.5. The topological polar surface area (TPSA) is 44.8 Å². The maximum absolute atomic E-state index is 10.8. The van der Waals surface area contributed by atoms with Gasteiger partial charge in [-0.3, -0.25) is 4.79 Å². The molecule has 1 saturated heterocycles. The fourth-order valence-electron chi connectivity index (χ4n) is 1.70. The Bertz CT molecular complexity index is 215. The van der Waals surface area contributed by atoms with Crippen LogP contribution in [0.3, 0.4) is 0 Å². The maximum atomic E-state index is 10.8. The first-order valence-corrected chi connectivity index (χ1v) is 5.47. The van der Waals surface area contributed by atoms with Crippen molar-refractivity contribution >= 4 is 5.97 Å². The van der Waals surface area contributed by atoms with E-state index in [0.717, 1.165) is 12.8 Å². The van der Waals surface area contributed by atoms with E-state index in [1.165, 1.54) is 6.92 Å². The average Bonchev–Trinajstić information content (AvgIpc) is 2.08. The van der Waals surface area contributed by atoms with E-state index in [9.17, 15) is 4.79 Å². The van der Waals surface area contributed by atoms with Crippen LogP contribution in [0.5, 0.6) is 0 Å². The van der Waals surface area contributed by atoms with E-state index in [0.29, 0.717) is 0 Å². The van der Waals surface area contributed by atoms with Crippen LogP contribution in [-0.4, -0.2) is 30.6 Å². The van der Waals surface area contributed by atoms with Crippen molar-refractivity contribution in [1.82, 2.24) is 0 Å². The van der Waals surface area contributed by atoms with Crippen LogP contribution in [0.4, 0.5) is 0 Å². The van der Waals surface area contributed by atoms with Crippen molar-refractivity contribution in [2.24, 2.45) is 0 Å². The number of carbonyl (C=O) groups excluding carboxylic acids is 1. The molecule has 1 aliphatic rings. The van der Waals surface area contributed by atoms with Crippen LogP contribution in [0.15, 0.2) is 0 Å². The minimum Gasteiger partial charge on any atom is -0.460 e. The largest absolute Gasteiger partial charge is 0.460 e. The molecule has 0 radical (unpaired) electrons. The van der Waals surface area contributed by atoms with E-state index in [1.807, 2.05) is 20.8 Å². The van der Waals surface area contributed by atoms with Gasteiger partial charge in [-0.2, -0.15) is 0 Å². The van der Waals surface area contributed by atoms with Gasteiger partial charge in [-0.1, -0.05) is 0 Å². The highest BCUT2D eigenvalue weighted by atomic mass is 16.7. The Kier molecular flexibility index (Phi) is 4.54. The lowest BCUT2D eigenvalue weighted by atomic mass is 10.1. The summed E-state index contributed by atoms with van der Waals surface area (Å²) >= 11 is 0. The Morgan fingerprint density at radius 2 is 2.07 bits per heavy atom. The molecular formula is C11H20O4. The Balaban J connectivity index is 2.37. The van der Waals surface area contributed by atoms with Gasteiger partial charge in [0.15, 0.2) is 6.29 Å². The molecule has 3 atom stereocenters. The summed E-state index contributed by atoms with van der Waals surface area (Å²) in [5.74, 6) is -0.251. The van der Waals surface area contributed by atoms with Gasteiger partial charge >= 0.3 is 5.97 Å². The van der Waals surface area contributed by atoms with Crippen LogP contribution in [0.25, 0.3) is 0 Å². The Hall–Kier alpha value is -0.610. The first-order valence-electron chi connectivity index (χ1n) is 5.47. The van der Waals surface area contributed by atoms with Gasteiger partial charge in [0.05, 0.1) is 12.2 Å². The summed E-state index contributed by atoms with van der Waals surface area (Å²) in [6.07, 6.45) is 1.36. The van der Waals surface area contributed by atoms with Gasteiger partial charge in [0.25, 0.3) is 0 Å². The smallest absolute Gasteiger partial charge is 0.302 e. The van der Waals surface area contributed by atoms with Crippen LogP contribution < -0.4 is 0 Å². The van der Waals surface area contributed by atoms with E-state index in [1.54, 1.807) is 0 Å². The van der Waals surface area contributed by atoms with Crippen molar-refractivity contribution in [3.05, 3.63) is 0 Å². The van der Waals surface area contributed by atoms with Crippen molar-refractivity contribution in [1.29, 1.82) is 0 Å². The highest BCUT2D eigenvalue weighted by Gasteiger charge is 2.30. The van der Waals surface area contributed by atoms with Crippen molar-refractivity contribution in [2.45, 2.75) is 65.1 Å². The fourth-order valence-corrected chi connectivity index (χ4v) is 1.70. The van der Waals surface area contributed by atoms with Crippen LogP contribution in [0.2, 0.25) is 0 Å². The van der Waals surface area contributed by atoms with Gasteiger partial charge in [0.2, 0.25) is 0 Å². The van der Waals surface area contributed by atoms with Crippen molar-refractivity contribution < 1.29 is 19.0 Å². The highest BCUT2D eigenvalue weighted by molar-refractivity contribution is 5.66. The van der Waals surface area contributed by atoms with E-state index < -0.39 is 0 Å². The van der Waals surface area contributed by atoms with Crippen LogP contribution in [0.1, 0.15) is 40.5 Å². The summed E-state index contributed by atoms with van der Waals surface area (Å²) in [5, 5.41) is 0. The maximum Gasteiger partial charge on any atom is 0.302 e. The van der Waals surface area contributed by atoms with Crippen molar-refractivity contribution in [3.63, 3.8) is 0 Å². The molecule has 4 nitrogen and oxygen atoms in total. The third-order valence-electron chi connectivity index (χ3n) is 2.32. The molecule has 1 heterocycles. The lowest BCUT2D eigenvalue weighted by Gasteiger charge is -2.34. The average molecular weight is 216 g/mol.